The lowest BCUT2D eigenvalue weighted by atomic mass is 9.93. The molecule has 0 aliphatic rings. The molecule has 0 radical (unpaired) electrons. The minimum atomic E-state index is -0.170. The smallest absolute Gasteiger partial charge is 0.208 e. The lowest BCUT2D eigenvalue weighted by molar-refractivity contribution is 0.106. The summed E-state index contributed by atoms with van der Waals surface area (Å²) < 4.78 is 0. The Kier molecular flexibility index (Phi) is 12.0. The van der Waals surface area contributed by atoms with E-state index in [4.69, 9.17) is 46.4 Å². The second kappa shape index (κ2) is 15.9. The van der Waals surface area contributed by atoms with Crippen LogP contribution < -0.4 is 0 Å². The molecule has 0 bridgehead atoms. The topological polar surface area (TPSA) is 67.6 Å². The maximum absolute atomic E-state index is 12.2. The summed E-state index contributed by atoms with van der Waals surface area (Å²) in [7, 11) is 0. The number of aryl methyl sites for hydroxylation is 2. The van der Waals surface area contributed by atoms with Gasteiger partial charge in [-0.15, -0.1) is 0 Å². The van der Waals surface area contributed by atoms with Gasteiger partial charge in [0.2, 0.25) is 5.78 Å². The first-order chi connectivity index (χ1) is 21.5. The summed E-state index contributed by atoms with van der Waals surface area (Å²) in [5, 5.41) is 19.4. The molecular formula is C36H30Cl4N4O. The molecule has 0 N–H and O–H groups in total. The van der Waals surface area contributed by atoms with Gasteiger partial charge in [0.1, 0.15) is 5.71 Å². The first kappa shape index (κ1) is 34.0. The minimum Gasteiger partial charge on any atom is -0.287 e. The van der Waals surface area contributed by atoms with E-state index in [-0.39, 0.29) is 5.78 Å². The number of carbonyl (C=O) groups is 1. The Bertz CT molecular complexity index is 1870. The summed E-state index contributed by atoms with van der Waals surface area (Å²) in [5.41, 5.74) is 8.40. The van der Waals surface area contributed by atoms with Crippen LogP contribution in [0.15, 0.2) is 107 Å². The number of Topliss-reactive ketones (excluding diaryl/α,β-unsaturated/α-hetero) is 1. The van der Waals surface area contributed by atoms with Gasteiger partial charge in [-0.3, -0.25) is 4.79 Å². The third kappa shape index (κ3) is 9.09. The average molecular weight is 676 g/mol. The summed E-state index contributed by atoms with van der Waals surface area (Å²) in [5.74, 6) is -0.170. The number of hydrogen-bond acceptors (Lipinski definition) is 5. The highest BCUT2D eigenvalue weighted by Crippen LogP contribution is 2.38. The Labute approximate surface area is 283 Å². The molecule has 0 fully saturated rings. The third-order valence-corrected chi connectivity index (χ3v) is 8.01. The van der Waals surface area contributed by atoms with E-state index in [0.29, 0.717) is 37.8 Å². The van der Waals surface area contributed by atoms with Crippen molar-refractivity contribution in [1.82, 2.24) is 10.2 Å². The molecule has 1 aromatic heterocycles. The lowest BCUT2D eigenvalue weighted by Gasteiger charge is -2.15. The Balaban J connectivity index is 0.000000205. The van der Waals surface area contributed by atoms with Gasteiger partial charge in [0, 0.05) is 54.5 Å². The molecule has 4 aromatic carbocycles. The first-order valence-electron chi connectivity index (χ1n) is 14.0. The Morgan fingerprint density at radius 1 is 0.644 bits per heavy atom. The summed E-state index contributed by atoms with van der Waals surface area (Å²) in [6.07, 6.45) is 0.589. The largest absolute Gasteiger partial charge is 0.287 e. The molecule has 45 heavy (non-hydrogen) atoms. The van der Waals surface area contributed by atoms with Gasteiger partial charge in [0.25, 0.3) is 0 Å². The van der Waals surface area contributed by atoms with Gasteiger partial charge < -0.3 is 0 Å². The molecule has 0 atom stereocenters. The maximum Gasteiger partial charge on any atom is 0.208 e. The van der Waals surface area contributed by atoms with Crippen molar-refractivity contribution in [3.63, 3.8) is 0 Å². The van der Waals surface area contributed by atoms with Crippen LogP contribution in [-0.2, 0) is 6.42 Å². The molecule has 0 aliphatic carbocycles. The number of carbonyl (C=O) groups excluding carboxylic acids is 1. The van der Waals surface area contributed by atoms with Gasteiger partial charge >= 0.3 is 0 Å². The highest BCUT2D eigenvalue weighted by Gasteiger charge is 2.17. The molecule has 0 unspecified atom stereocenters. The molecule has 0 spiro atoms. The predicted molar refractivity (Wildman–Crippen MR) is 190 cm³/mol. The number of benzene rings is 4. The van der Waals surface area contributed by atoms with Gasteiger partial charge in [-0.1, -0.05) is 94.9 Å². The zero-order chi connectivity index (χ0) is 32.5. The number of hydrogen-bond donors (Lipinski definition) is 0. The van der Waals surface area contributed by atoms with Crippen molar-refractivity contribution in [2.75, 3.05) is 0 Å². The van der Waals surface area contributed by atoms with E-state index >= 15 is 0 Å². The Morgan fingerprint density at radius 3 is 1.78 bits per heavy atom. The van der Waals surface area contributed by atoms with E-state index in [1.807, 2.05) is 93.6 Å². The van der Waals surface area contributed by atoms with Crippen LogP contribution in [0.3, 0.4) is 0 Å². The van der Waals surface area contributed by atoms with Gasteiger partial charge in [0.15, 0.2) is 0 Å². The minimum absolute atomic E-state index is 0.170. The maximum atomic E-state index is 12.2. The van der Waals surface area contributed by atoms with Crippen LogP contribution in [0.1, 0.15) is 41.2 Å². The number of halogens is 4. The van der Waals surface area contributed by atoms with Crippen LogP contribution in [0.4, 0.5) is 0 Å². The van der Waals surface area contributed by atoms with Gasteiger partial charge in [0.05, 0.1) is 11.4 Å². The molecule has 9 heteroatoms. The molecule has 1 heterocycles. The summed E-state index contributed by atoms with van der Waals surface area (Å²) in [6, 6.07) is 29.8. The van der Waals surface area contributed by atoms with E-state index in [1.54, 1.807) is 31.2 Å². The zero-order valence-electron chi connectivity index (χ0n) is 25.2. The molecule has 0 saturated carbocycles. The second-order valence-electron chi connectivity index (χ2n) is 10.2. The fraction of sp³-hybridized carbons (Fsp3) is 0.139. The van der Waals surface area contributed by atoms with Crippen LogP contribution in [0.5, 0.6) is 0 Å². The third-order valence-electron chi connectivity index (χ3n) is 6.81. The SMILES string of the molecule is C/C(Cc1ccccc1Cl)=N/N=C(/C)C(=O)c1ccc(Cl)cc1.Cc1nnc(C)c(-c2ccccc2Cl)c1-c1ccc(Cl)cc1. The van der Waals surface area contributed by atoms with Crippen molar-refractivity contribution >= 4 is 63.6 Å². The molecule has 0 aliphatic heterocycles. The molecule has 5 aromatic rings. The Hall–Kier alpha value is -3.87. The number of aromatic nitrogens is 2. The highest BCUT2D eigenvalue weighted by molar-refractivity contribution is 6.45. The van der Waals surface area contributed by atoms with E-state index in [0.717, 1.165) is 44.9 Å². The molecule has 5 rings (SSSR count). The van der Waals surface area contributed by atoms with Crippen molar-refractivity contribution in [2.24, 2.45) is 10.2 Å². The Morgan fingerprint density at radius 2 is 1.18 bits per heavy atom. The van der Waals surface area contributed by atoms with Crippen molar-refractivity contribution in [3.8, 4) is 22.3 Å². The van der Waals surface area contributed by atoms with Crippen molar-refractivity contribution in [2.45, 2.75) is 34.1 Å². The quantitative estimate of drug-likeness (QED) is 0.0979. The van der Waals surface area contributed by atoms with E-state index < -0.39 is 0 Å². The average Bonchev–Trinajstić information content (AvgIpc) is 3.03. The van der Waals surface area contributed by atoms with Gasteiger partial charge in [-0.25, -0.2) is 0 Å². The van der Waals surface area contributed by atoms with Crippen molar-refractivity contribution < 1.29 is 4.79 Å². The number of rotatable bonds is 7. The fourth-order valence-electron chi connectivity index (χ4n) is 4.54. The fourth-order valence-corrected chi connectivity index (χ4v) is 5.23. The lowest BCUT2D eigenvalue weighted by Crippen LogP contribution is -2.10. The van der Waals surface area contributed by atoms with E-state index in [9.17, 15) is 4.79 Å². The standard InChI is InChI=1S/C18H16Cl2N2O.C18H14Cl2N2/c1-12(11-15-5-3-4-6-17(15)20)21-22-13(2)18(23)14-7-9-16(19)10-8-14;1-11-17(13-7-9-14(19)10-8-13)18(12(2)22-21-11)15-5-3-4-6-16(15)20/h3-10H,11H2,1-2H3;3-10H,1-2H3/b21-12-,22-13-;. The van der Waals surface area contributed by atoms with E-state index in [2.05, 4.69) is 20.4 Å². The van der Waals surface area contributed by atoms with Crippen LogP contribution in [0.25, 0.3) is 22.3 Å². The molecule has 0 amide bonds. The molecule has 0 saturated heterocycles. The van der Waals surface area contributed by atoms with Crippen LogP contribution >= 0.6 is 46.4 Å². The monoisotopic (exact) mass is 674 g/mol. The number of ketones is 1. The molecule has 5 nitrogen and oxygen atoms in total. The zero-order valence-corrected chi connectivity index (χ0v) is 28.2. The van der Waals surface area contributed by atoms with Crippen molar-refractivity contribution in [1.29, 1.82) is 0 Å². The normalized spacial score (nSPS) is 11.6. The van der Waals surface area contributed by atoms with Gasteiger partial charge in [-0.05, 0) is 87.4 Å². The summed E-state index contributed by atoms with van der Waals surface area (Å²) >= 11 is 24.3. The first-order valence-corrected chi connectivity index (χ1v) is 15.5. The number of nitrogens with zero attached hydrogens (tertiary/aromatic N) is 4. The summed E-state index contributed by atoms with van der Waals surface area (Å²) in [6.45, 7) is 7.40. The van der Waals surface area contributed by atoms with E-state index in [1.165, 1.54) is 0 Å². The molecule has 228 valence electrons. The van der Waals surface area contributed by atoms with Gasteiger partial charge in [-0.2, -0.15) is 20.4 Å². The van der Waals surface area contributed by atoms with Crippen LogP contribution in [0.2, 0.25) is 20.1 Å². The van der Waals surface area contributed by atoms with Crippen LogP contribution in [-0.4, -0.2) is 27.4 Å². The molecular weight excluding hydrogens is 646 g/mol. The highest BCUT2D eigenvalue weighted by atomic mass is 35.5. The van der Waals surface area contributed by atoms with Crippen molar-refractivity contribution in [3.05, 3.63) is 140 Å². The predicted octanol–water partition coefficient (Wildman–Crippen LogP) is 11.0. The summed E-state index contributed by atoms with van der Waals surface area (Å²) in [4.78, 5) is 12.2. The second-order valence-corrected chi connectivity index (χ2v) is 11.9. The van der Waals surface area contributed by atoms with Crippen LogP contribution in [0, 0.1) is 13.8 Å².